The molecule has 0 aromatic heterocycles. The molecular formula is C10H14O. The van der Waals surface area contributed by atoms with E-state index in [1.165, 1.54) is 5.56 Å². The molecule has 0 spiro atoms. The Morgan fingerprint density at radius 1 is 1.27 bits per heavy atom. The van der Waals surface area contributed by atoms with E-state index in [0.717, 1.165) is 6.42 Å². The number of hydrogen-bond acceptors (Lipinski definition) is 1. The lowest BCUT2D eigenvalue weighted by Crippen LogP contribution is -2.01. The predicted molar refractivity (Wildman–Crippen MR) is 46.6 cm³/mol. The highest BCUT2D eigenvalue weighted by atomic mass is 16.3. The van der Waals surface area contributed by atoms with Crippen molar-refractivity contribution in [2.75, 3.05) is 6.61 Å². The van der Waals surface area contributed by atoms with E-state index >= 15 is 0 Å². The Morgan fingerprint density at radius 3 is 2.36 bits per heavy atom. The van der Waals surface area contributed by atoms with Gasteiger partial charge in [-0.05, 0) is 12.0 Å². The maximum Gasteiger partial charge on any atom is 0.0499 e. The van der Waals surface area contributed by atoms with Gasteiger partial charge in [0.2, 0.25) is 0 Å². The fraction of sp³-hybridized carbons (Fsp3) is 0.400. The van der Waals surface area contributed by atoms with Gasteiger partial charge >= 0.3 is 0 Å². The highest BCUT2D eigenvalue weighted by Gasteiger charge is 2.05. The van der Waals surface area contributed by atoms with Gasteiger partial charge in [0.25, 0.3) is 0 Å². The molecule has 0 radical (unpaired) electrons. The molecule has 0 heterocycles. The Hall–Kier alpha value is -0.820. The van der Waals surface area contributed by atoms with Crippen LogP contribution in [0.5, 0.6) is 0 Å². The Labute approximate surface area is 67.7 Å². The average molecular weight is 150 g/mol. The van der Waals surface area contributed by atoms with E-state index in [1.54, 1.807) is 0 Å². The molecule has 1 N–H and O–H groups in total. The monoisotopic (exact) mass is 150 g/mol. The Kier molecular flexibility index (Phi) is 3.12. The number of hydrogen-bond donors (Lipinski definition) is 1. The number of rotatable bonds is 3. The van der Waals surface area contributed by atoms with Gasteiger partial charge in [-0.3, -0.25) is 0 Å². The Balaban J connectivity index is 2.74. The third-order valence-corrected chi connectivity index (χ3v) is 1.98. The highest BCUT2D eigenvalue weighted by molar-refractivity contribution is 5.19. The van der Waals surface area contributed by atoms with E-state index in [-0.39, 0.29) is 6.61 Å². The van der Waals surface area contributed by atoms with Crippen molar-refractivity contribution in [2.45, 2.75) is 19.3 Å². The molecule has 0 bridgehead atoms. The first-order valence-corrected chi connectivity index (χ1v) is 4.04. The molecule has 1 rings (SSSR count). The van der Waals surface area contributed by atoms with Crippen LogP contribution in [0.2, 0.25) is 0 Å². The van der Waals surface area contributed by atoms with Crippen LogP contribution in [0.1, 0.15) is 24.8 Å². The van der Waals surface area contributed by atoms with Gasteiger partial charge in [0.05, 0.1) is 0 Å². The number of benzene rings is 1. The van der Waals surface area contributed by atoms with Crippen LogP contribution in [-0.4, -0.2) is 11.7 Å². The van der Waals surface area contributed by atoms with Gasteiger partial charge in [-0.1, -0.05) is 37.3 Å². The van der Waals surface area contributed by atoms with Gasteiger partial charge in [-0.15, -0.1) is 0 Å². The van der Waals surface area contributed by atoms with Crippen molar-refractivity contribution < 1.29 is 5.11 Å². The summed E-state index contributed by atoms with van der Waals surface area (Å²) in [7, 11) is 0. The minimum atomic E-state index is 0.251. The molecule has 1 atom stereocenters. The molecule has 1 aromatic rings. The fourth-order valence-corrected chi connectivity index (χ4v) is 1.20. The molecule has 0 saturated heterocycles. The second-order valence-corrected chi connectivity index (χ2v) is 2.70. The largest absolute Gasteiger partial charge is 0.396 e. The Morgan fingerprint density at radius 2 is 1.91 bits per heavy atom. The third kappa shape index (κ3) is 2.05. The first-order valence-electron chi connectivity index (χ1n) is 4.04. The second-order valence-electron chi connectivity index (χ2n) is 2.70. The van der Waals surface area contributed by atoms with Crippen LogP contribution in [0.4, 0.5) is 0 Å². The minimum Gasteiger partial charge on any atom is -0.396 e. The zero-order valence-corrected chi connectivity index (χ0v) is 6.83. The summed E-state index contributed by atoms with van der Waals surface area (Å²) in [6.45, 7) is 2.34. The van der Waals surface area contributed by atoms with Gasteiger partial charge in [-0.2, -0.15) is 0 Å². The molecule has 11 heavy (non-hydrogen) atoms. The summed E-state index contributed by atoms with van der Waals surface area (Å²) in [6, 6.07) is 10.1. The topological polar surface area (TPSA) is 20.2 Å². The van der Waals surface area contributed by atoms with Gasteiger partial charge in [0, 0.05) is 12.5 Å². The summed E-state index contributed by atoms with van der Waals surface area (Å²) in [5.41, 5.74) is 1.23. The fourth-order valence-electron chi connectivity index (χ4n) is 1.20. The zero-order valence-electron chi connectivity index (χ0n) is 6.83. The number of aliphatic hydroxyl groups excluding tert-OH is 1. The second kappa shape index (κ2) is 4.14. The van der Waals surface area contributed by atoms with Crippen LogP contribution in [-0.2, 0) is 0 Å². The van der Waals surface area contributed by atoms with Crippen molar-refractivity contribution in [2.24, 2.45) is 0 Å². The van der Waals surface area contributed by atoms with Crippen LogP contribution in [0.15, 0.2) is 30.3 Å². The molecule has 60 valence electrons. The molecule has 0 amide bonds. The highest BCUT2D eigenvalue weighted by Crippen LogP contribution is 2.17. The van der Waals surface area contributed by atoms with Crippen molar-refractivity contribution in [1.82, 2.24) is 0 Å². The summed E-state index contributed by atoms with van der Waals surface area (Å²) in [5.74, 6) is 0.316. The molecule has 0 aliphatic rings. The van der Waals surface area contributed by atoms with E-state index in [4.69, 9.17) is 5.11 Å². The Bertz CT molecular complexity index is 189. The molecule has 0 fully saturated rings. The number of aliphatic hydroxyl groups is 1. The van der Waals surface area contributed by atoms with E-state index in [9.17, 15) is 0 Å². The SMILES string of the molecule is CC[C@H](CO)c1ccccc1. The lowest BCUT2D eigenvalue weighted by molar-refractivity contribution is 0.262. The predicted octanol–water partition coefficient (Wildman–Crippen LogP) is 2.17. The first kappa shape index (κ1) is 8.28. The first-order chi connectivity index (χ1) is 5.38. The molecular weight excluding hydrogens is 136 g/mol. The summed E-state index contributed by atoms with van der Waals surface area (Å²) < 4.78 is 0. The summed E-state index contributed by atoms with van der Waals surface area (Å²) in [4.78, 5) is 0. The van der Waals surface area contributed by atoms with E-state index < -0.39 is 0 Å². The summed E-state index contributed by atoms with van der Waals surface area (Å²) in [6.07, 6.45) is 1.00. The summed E-state index contributed by atoms with van der Waals surface area (Å²) in [5, 5.41) is 8.98. The van der Waals surface area contributed by atoms with Crippen molar-refractivity contribution in [3.05, 3.63) is 35.9 Å². The van der Waals surface area contributed by atoms with Gasteiger partial charge in [-0.25, -0.2) is 0 Å². The molecule has 1 aromatic carbocycles. The lowest BCUT2D eigenvalue weighted by atomic mass is 9.98. The van der Waals surface area contributed by atoms with Gasteiger partial charge < -0.3 is 5.11 Å². The molecule has 1 nitrogen and oxygen atoms in total. The average Bonchev–Trinajstić information content (AvgIpc) is 2.09. The van der Waals surface area contributed by atoms with Crippen LogP contribution < -0.4 is 0 Å². The van der Waals surface area contributed by atoms with Gasteiger partial charge in [0.1, 0.15) is 0 Å². The third-order valence-electron chi connectivity index (χ3n) is 1.98. The quantitative estimate of drug-likeness (QED) is 0.700. The van der Waals surface area contributed by atoms with E-state index in [1.807, 2.05) is 18.2 Å². The van der Waals surface area contributed by atoms with Crippen molar-refractivity contribution >= 4 is 0 Å². The lowest BCUT2D eigenvalue weighted by Gasteiger charge is -2.10. The van der Waals surface area contributed by atoms with Crippen molar-refractivity contribution in [3.63, 3.8) is 0 Å². The van der Waals surface area contributed by atoms with Crippen LogP contribution >= 0.6 is 0 Å². The normalized spacial score (nSPS) is 12.9. The van der Waals surface area contributed by atoms with E-state index in [2.05, 4.69) is 19.1 Å². The maximum atomic E-state index is 8.98. The molecule has 1 heteroatoms. The van der Waals surface area contributed by atoms with Crippen LogP contribution in [0.3, 0.4) is 0 Å². The maximum absolute atomic E-state index is 8.98. The van der Waals surface area contributed by atoms with Crippen LogP contribution in [0, 0.1) is 0 Å². The molecule has 0 aliphatic heterocycles. The van der Waals surface area contributed by atoms with Crippen molar-refractivity contribution in [3.8, 4) is 0 Å². The van der Waals surface area contributed by atoms with E-state index in [0.29, 0.717) is 5.92 Å². The molecule has 0 saturated carbocycles. The van der Waals surface area contributed by atoms with Crippen molar-refractivity contribution in [1.29, 1.82) is 0 Å². The minimum absolute atomic E-state index is 0.251. The standard InChI is InChI=1S/C10H14O/c1-2-9(8-11)10-6-4-3-5-7-10/h3-7,9,11H,2,8H2,1H3/t9-/m1/s1. The van der Waals surface area contributed by atoms with Crippen LogP contribution in [0.25, 0.3) is 0 Å². The zero-order chi connectivity index (χ0) is 8.10. The molecule has 0 unspecified atom stereocenters. The summed E-state index contributed by atoms with van der Waals surface area (Å²) >= 11 is 0. The molecule has 0 aliphatic carbocycles. The van der Waals surface area contributed by atoms with Gasteiger partial charge in [0.15, 0.2) is 0 Å². The smallest absolute Gasteiger partial charge is 0.0499 e.